The van der Waals surface area contributed by atoms with Gasteiger partial charge in [0.1, 0.15) is 11.6 Å². The molecule has 10 heteroatoms. The molecule has 0 spiro atoms. The Morgan fingerprint density at radius 2 is 1.86 bits per heavy atom. The smallest absolute Gasteiger partial charge is 0.253 e. The highest BCUT2D eigenvalue weighted by Gasteiger charge is 2.13. The third-order valence-corrected chi connectivity index (χ3v) is 5.02. The maximum Gasteiger partial charge on any atom is 0.253 e. The first kappa shape index (κ1) is 25.3. The van der Waals surface area contributed by atoms with Crippen LogP contribution in [-0.4, -0.2) is 61.8 Å². The van der Waals surface area contributed by atoms with Crippen molar-refractivity contribution in [2.75, 3.05) is 31.8 Å². The number of anilines is 3. The number of H-pyrrole nitrogens is 1. The second-order valence-electron chi connectivity index (χ2n) is 8.05. The molecule has 0 bridgehead atoms. The number of carbonyl (C=O) groups is 1. The highest BCUT2D eigenvalue weighted by atomic mass is 16.3. The van der Waals surface area contributed by atoms with Gasteiger partial charge in [-0.25, -0.2) is 9.97 Å². The highest BCUT2D eigenvalue weighted by molar-refractivity contribution is 5.95. The lowest BCUT2D eigenvalue weighted by Gasteiger charge is -2.14. The predicted molar refractivity (Wildman–Crippen MR) is 136 cm³/mol. The summed E-state index contributed by atoms with van der Waals surface area (Å²) in [6, 6.07) is 15.4. The normalized spacial score (nSPS) is 10.3. The summed E-state index contributed by atoms with van der Waals surface area (Å²) in [7, 11) is 3.45. The Morgan fingerprint density at radius 3 is 2.43 bits per heavy atom. The zero-order valence-electron chi connectivity index (χ0n) is 20.3. The molecule has 182 valence electrons. The molecule has 0 saturated heterocycles. The summed E-state index contributed by atoms with van der Waals surface area (Å²) in [5.74, 6) is 1.72. The Kier molecular flexibility index (Phi) is 8.47. The number of benzene rings is 2. The maximum absolute atomic E-state index is 12.1. The van der Waals surface area contributed by atoms with Crippen molar-refractivity contribution in [2.45, 2.75) is 20.3 Å². The molecule has 0 saturated carbocycles. The second-order valence-corrected chi connectivity index (χ2v) is 8.05. The van der Waals surface area contributed by atoms with Crippen LogP contribution >= 0.6 is 0 Å². The number of nitrogen functional groups attached to an aromatic ring is 1. The van der Waals surface area contributed by atoms with E-state index in [0.29, 0.717) is 28.7 Å². The van der Waals surface area contributed by atoms with E-state index in [9.17, 15) is 4.79 Å². The van der Waals surface area contributed by atoms with E-state index in [2.05, 4.69) is 30.5 Å². The second kappa shape index (κ2) is 11.7. The molecule has 4 rings (SSSR count). The lowest BCUT2D eigenvalue weighted by atomic mass is 10.1. The van der Waals surface area contributed by atoms with Crippen molar-refractivity contribution in [2.24, 2.45) is 0 Å². The van der Waals surface area contributed by atoms with Gasteiger partial charge >= 0.3 is 0 Å². The molecule has 0 radical (unpaired) electrons. The fraction of sp³-hybridized carbons (Fsp3) is 0.240. The van der Waals surface area contributed by atoms with Gasteiger partial charge in [0.05, 0.1) is 5.56 Å². The number of carbonyl (C=O) groups excluding carboxylic acids is 1. The van der Waals surface area contributed by atoms with Crippen LogP contribution in [0.25, 0.3) is 11.4 Å². The van der Waals surface area contributed by atoms with Crippen molar-refractivity contribution >= 4 is 23.4 Å². The van der Waals surface area contributed by atoms with Gasteiger partial charge in [0.2, 0.25) is 5.95 Å². The van der Waals surface area contributed by atoms with E-state index in [1.54, 1.807) is 44.2 Å². The van der Waals surface area contributed by atoms with Crippen molar-refractivity contribution in [1.82, 2.24) is 30.0 Å². The molecule has 2 aromatic heterocycles. The lowest BCUT2D eigenvalue weighted by molar-refractivity contribution is 0.0827. The standard InChI is InChI=1S/C17H20N8O.C8H10O/c1-9-7-11(5-6-12(9)16(26)25(3)4)21-17-19-8-13(14(18)22-17)15-20-10(2)23-24-15;9-7-6-8-4-2-1-3-5-8/h5-8H,1-4H3,(H,20,23,24)(H3,18,19,21,22);1-5,9H,6-7H2. The summed E-state index contributed by atoms with van der Waals surface area (Å²) in [6.45, 7) is 3.92. The first-order chi connectivity index (χ1) is 16.8. The first-order valence-corrected chi connectivity index (χ1v) is 11.0. The zero-order valence-corrected chi connectivity index (χ0v) is 20.3. The number of rotatable bonds is 6. The topological polar surface area (TPSA) is 146 Å². The fourth-order valence-corrected chi connectivity index (χ4v) is 3.22. The van der Waals surface area contributed by atoms with Crippen LogP contribution in [0.4, 0.5) is 17.5 Å². The Balaban J connectivity index is 0.000000320. The number of aromatic amines is 1. The van der Waals surface area contributed by atoms with E-state index < -0.39 is 0 Å². The van der Waals surface area contributed by atoms with Gasteiger partial charge in [-0.2, -0.15) is 10.1 Å². The van der Waals surface area contributed by atoms with Gasteiger partial charge in [0.15, 0.2) is 5.82 Å². The fourth-order valence-electron chi connectivity index (χ4n) is 3.22. The summed E-state index contributed by atoms with van der Waals surface area (Å²) in [5, 5.41) is 18.4. The van der Waals surface area contributed by atoms with E-state index in [1.165, 1.54) is 5.56 Å². The van der Waals surface area contributed by atoms with Crippen LogP contribution in [0.5, 0.6) is 0 Å². The SMILES string of the molecule is Cc1nc(-c2cnc(Nc3ccc(C(=O)N(C)C)c(C)c3)nc2N)n[nH]1.OCCc1ccccc1. The molecule has 0 aliphatic heterocycles. The van der Waals surface area contributed by atoms with Crippen LogP contribution in [-0.2, 0) is 6.42 Å². The van der Waals surface area contributed by atoms with Gasteiger partial charge in [-0.1, -0.05) is 30.3 Å². The van der Waals surface area contributed by atoms with Crippen molar-refractivity contribution in [3.8, 4) is 11.4 Å². The minimum Gasteiger partial charge on any atom is -0.396 e. The van der Waals surface area contributed by atoms with E-state index >= 15 is 0 Å². The number of nitrogens with two attached hydrogens (primary N) is 1. The van der Waals surface area contributed by atoms with E-state index in [4.69, 9.17) is 10.8 Å². The molecule has 0 atom stereocenters. The van der Waals surface area contributed by atoms with Crippen molar-refractivity contribution < 1.29 is 9.90 Å². The number of aromatic nitrogens is 5. The lowest BCUT2D eigenvalue weighted by Crippen LogP contribution is -2.22. The van der Waals surface area contributed by atoms with Crippen molar-refractivity contribution in [1.29, 1.82) is 0 Å². The maximum atomic E-state index is 12.1. The van der Waals surface area contributed by atoms with Crippen LogP contribution in [0.2, 0.25) is 0 Å². The molecule has 2 heterocycles. The summed E-state index contributed by atoms with van der Waals surface area (Å²) in [5.41, 5.74) is 10.0. The molecule has 10 nitrogen and oxygen atoms in total. The quantitative estimate of drug-likeness (QED) is 0.333. The zero-order chi connectivity index (χ0) is 25.4. The minimum atomic E-state index is -0.0410. The number of aliphatic hydroxyl groups excluding tert-OH is 1. The summed E-state index contributed by atoms with van der Waals surface area (Å²) in [6.07, 6.45) is 2.34. The number of aliphatic hydroxyl groups is 1. The average molecular weight is 475 g/mol. The molecular weight excluding hydrogens is 444 g/mol. The summed E-state index contributed by atoms with van der Waals surface area (Å²) in [4.78, 5) is 26.4. The van der Waals surface area contributed by atoms with Crippen LogP contribution in [0, 0.1) is 13.8 Å². The van der Waals surface area contributed by atoms with E-state index in [-0.39, 0.29) is 18.3 Å². The number of nitrogens with zero attached hydrogens (tertiary/aromatic N) is 5. The van der Waals surface area contributed by atoms with E-state index in [1.807, 2.05) is 43.3 Å². The van der Waals surface area contributed by atoms with Gasteiger partial charge in [0.25, 0.3) is 5.91 Å². The number of nitrogens with one attached hydrogen (secondary N) is 2. The molecule has 5 N–H and O–H groups in total. The largest absolute Gasteiger partial charge is 0.396 e. The third kappa shape index (κ3) is 6.84. The number of amides is 1. The molecule has 0 fully saturated rings. The Labute approximate surface area is 204 Å². The first-order valence-electron chi connectivity index (χ1n) is 11.0. The van der Waals surface area contributed by atoms with Crippen LogP contribution in [0.1, 0.15) is 27.3 Å². The van der Waals surface area contributed by atoms with Gasteiger partial charge in [0, 0.05) is 38.1 Å². The van der Waals surface area contributed by atoms with Gasteiger partial charge < -0.3 is 21.1 Å². The van der Waals surface area contributed by atoms with Gasteiger partial charge in [-0.05, 0) is 49.6 Å². The van der Waals surface area contributed by atoms with Crippen LogP contribution in [0.3, 0.4) is 0 Å². The predicted octanol–water partition coefficient (Wildman–Crippen LogP) is 3.13. The number of hydrogen-bond acceptors (Lipinski definition) is 8. The van der Waals surface area contributed by atoms with Gasteiger partial charge in [-0.15, -0.1) is 0 Å². The molecule has 0 unspecified atom stereocenters. The monoisotopic (exact) mass is 474 g/mol. The Morgan fingerprint density at radius 1 is 1.11 bits per heavy atom. The van der Waals surface area contributed by atoms with E-state index in [0.717, 1.165) is 17.7 Å². The van der Waals surface area contributed by atoms with Crippen molar-refractivity contribution in [3.05, 3.63) is 77.2 Å². The van der Waals surface area contributed by atoms with Crippen LogP contribution in [0.15, 0.2) is 54.7 Å². The molecule has 35 heavy (non-hydrogen) atoms. The molecular formula is C25H30N8O2. The molecule has 4 aromatic rings. The minimum absolute atomic E-state index is 0.0410. The Hall–Kier alpha value is -4.31. The molecule has 0 aliphatic carbocycles. The number of hydrogen-bond donors (Lipinski definition) is 4. The third-order valence-electron chi connectivity index (χ3n) is 5.02. The molecule has 2 aromatic carbocycles. The summed E-state index contributed by atoms with van der Waals surface area (Å²) >= 11 is 0. The van der Waals surface area contributed by atoms with Gasteiger partial charge in [-0.3, -0.25) is 9.89 Å². The highest BCUT2D eigenvalue weighted by Crippen LogP contribution is 2.23. The number of aryl methyl sites for hydroxylation is 2. The van der Waals surface area contributed by atoms with Crippen LogP contribution < -0.4 is 11.1 Å². The molecule has 1 amide bonds. The summed E-state index contributed by atoms with van der Waals surface area (Å²) < 4.78 is 0. The average Bonchev–Trinajstić information content (AvgIpc) is 3.26. The van der Waals surface area contributed by atoms with Crippen molar-refractivity contribution in [3.63, 3.8) is 0 Å². The Bertz CT molecular complexity index is 1270. The molecule has 0 aliphatic rings.